The first-order chi connectivity index (χ1) is 17.8. The SMILES string of the molecule is CC(C)(C)Cn1cc(Nc2cc(-n3ncc4cc(C#N)cnc43)ncc2C(=O)NC[C@@H](F)C(C)(C)O)cn1. The van der Waals surface area contributed by atoms with Gasteiger partial charge in [0, 0.05) is 36.6 Å². The third-order valence-electron chi connectivity index (χ3n) is 5.65. The van der Waals surface area contributed by atoms with Crippen molar-refractivity contribution in [3.05, 3.63) is 54.2 Å². The normalized spacial score (nSPS) is 12.8. The molecule has 198 valence electrons. The lowest BCUT2D eigenvalue weighted by atomic mass is 9.97. The molecule has 0 radical (unpaired) electrons. The molecule has 0 saturated carbocycles. The molecule has 0 aliphatic rings. The molecule has 0 bridgehead atoms. The summed E-state index contributed by atoms with van der Waals surface area (Å²) in [6, 6.07) is 5.35. The topological polar surface area (TPSA) is 147 Å². The van der Waals surface area contributed by atoms with Crippen molar-refractivity contribution < 1.29 is 14.3 Å². The zero-order valence-electron chi connectivity index (χ0n) is 21.9. The molecule has 4 aromatic rings. The van der Waals surface area contributed by atoms with Crippen molar-refractivity contribution in [2.45, 2.75) is 52.9 Å². The third-order valence-corrected chi connectivity index (χ3v) is 5.65. The summed E-state index contributed by atoms with van der Waals surface area (Å²) in [6.45, 7) is 9.30. The number of pyridine rings is 2. The van der Waals surface area contributed by atoms with E-state index < -0.39 is 17.7 Å². The Morgan fingerprint density at radius 1 is 1.13 bits per heavy atom. The van der Waals surface area contributed by atoms with Gasteiger partial charge in [0.2, 0.25) is 0 Å². The number of amides is 1. The number of nitrogens with zero attached hydrogens (tertiary/aromatic N) is 7. The van der Waals surface area contributed by atoms with Crippen LogP contribution < -0.4 is 10.6 Å². The fourth-order valence-corrected chi connectivity index (χ4v) is 3.68. The minimum atomic E-state index is -1.66. The van der Waals surface area contributed by atoms with Crippen LogP contribution in [-0.2, 0) is 6.54 Å². The number of rotatable bonds is 8. The van der Waals surface area contributed by atoms with E-state index in [0.29, 0.717) is 40.3 Å². The second kappa shape index (κ2) is 10.2. The Morgan fingerprint density at radius 2 is 1.89 bits per heavy atom. The molecule has 1 atom stereocenters. The Balaban J connectivity index is 1.69. The van der Waals surface area contributed by atoms with Gasteiger partial charge < -0.3 is 15.7 Å². The maximum Gasteiger partial charge on any atom is 0.255 e. The average molecular weight is 520 g/mol. The molecule has 0 saturated heterocycles. The van der Waals surface area contributed by atoms with Crippen LogP contribution >= 0.6 is 0 Å². The molecule has 38 heavy (non-hydrogen) atoms. The number of nitrogens with one attached hydrogen (secondary N) is 2. The van der Waals surface area contributed by atoms with Gasteiger partial charge in [-0.3, -0.25) is 9.48 Å². The highest BCUT2D eigenvalue weighted by molar-refractivity contribution is 6.00. The van der Waals surface area contributed by atoms with E-state index in [4.69, 9.17) is 5.26 Å². The van der Waals surface area contributed by atoms with Crippen molar-refractivity contribution >= 4 is 28.3 Å². The van der Waals surface area contributed by atoms with Gasteiger partial charge in [-0.1, -0.05) is 20.8 Å². The molecule has 11 nitrogen and oxygen atoms in total. The van der Waals surface area contributed by atoms with Gasteiger partial charge in [-0.25, -0.2) is 14.4 Å². The van der Waals surface area contributed by atoms with Crippen molar-refractivity contribution in [3.63, 3.8) is 0 Å². The number of nitriles is 1. The average Bonchev–Trinajstić information content (AvgIpc) is 3.46. The minimum absolute atomic E-state index is 0.0150. The number of aliphatic hydroxyl groups is 1. The van der Waals surface area contributed by atoms with E-state index in [-0.39, 0.29) is 17.5 Å². The number of alkyl halides is 1. The molecule has 12 heteroatoms. The fraction of sp³-hybridized carbons (Fsp3) is 0.385. The highest BCUT2D eigenvalue weighted by Gasteiger charge is 2.27. The molecule has 0 fully saturated rings. The Bertz CT molecular complexity index is 1510. The van der Waals surface area contributed by atoms with Crippen LogP contribution in [0.15, 0.2) is 43.1 Å². The Labute approximate surface area is 219 Å². The largest absolute Gasteiger partial charge is 0.387 e. The van der Waals surface area contributed by atoms with Crippen LogP contribution in [0.4, 0.5) is 15.8 Å². The maximum absolute atomic E-state index is 14.3. The molecule has 4 aromatic heterocycles. The van der Waals surface area contributed by atoms with Crippen LogP contribution in [0.5, 0.6) is 0 Å². The van der Waals surface area contributed by atoms with Gasteiger partial charge in [-0.15, -0.1) is 0 Å². The summed E-state index contributed by atoms with van der Waals surface area (Å²) in [6.07, 6.45) is 6.20. The van der Waals surface area contributed by atoms with Gasteiger partial charge in [0.05, 0.1) is 47.0 Å². The van der Waals surface area contributed by atoms with E-state index >= 15 is 0 Å². The summed E-state index contributed by atoms with van der Waals surface area (Å²) in [5.74, 6) is -0.194. The molecule has 0 aliphatic heterocycles. The second-order valence-corrected chi connectivity index (χ2v) is 10.8. The lowest BCUT2D eigenvalue weighted by molar-refractivity contribution is -0.00177. The van der Waals surface area contributed by atoms with Gasteiger partial charge in [-0.05, 0) is 25.3 Å². The van der Waals surface area contributed by atoms with E-state index in [0.717, 1.165) is 0 Å². The van der Waals surface area contributed by atoms with Gasteiger partial charge >= 0.3 is 0 Å². The van der Waals surface area contributed by atoms with Crippen molar-refractivity contribution in [1.29, 1.82) is 5.26 Å². The van der Waals surface area contributed by atoms with Crippen molar-refractivity contribution in [2.24, 2.45) is 5.41 Å². The fourth-order valence-electron chi connectivity index (χ4n) is 3.68. The van der Waals surface area contributed by atoms with Crippen LogP contribution in [0.25, 0.3) is 16.9 Å². The van der Waals surface area contributed by atoms with Crippen molar-refractivity contribution in [3.8, 4) is 11.9 Å². The van der Waals surface area contributed by atoms with Crippen LogP contribution in [-0.4, -0.2) is 58.9 Å². The van der Waals surface area contributed by atoms with Crippen molar-refractivity contribution in [2.75, 3.05) is 11.9 Å². The quantitative estimate of drug-likeness (QED) is 0.320. The van der Waals surface area contributed by atoms with Crippen LogP contribution in [0.1, 0.15) is 50.5 Å². The molecule has 0 aliphatic carbocycles. The molecular weight excluding hydrogens is 489 g/mol. The molecule has 0 spiro atoms. The summed E-state index contributed by atoms with van der Waals surface area (Å²) >= 11 is 0. The number of carbonyl (C=O) groups is 1. The summed E-state index contributed by atoms with van der Waals surface area (Å²) < 4.78 is 17.6. The molecule has 3 N–H and O–H groups in total. The minimum Gasteiger partial charge on any atom is -0.387 e. The van der Waals surface area contributed by atoms with E-state index in [2.05, 4.69) is 51.6 Å². The Kier molecular flexibility index (Phi) is 7.15. The van der Waals surface area contributed by atoms with E-state index in [1.54, 1.807) is 29.2 Å². The predicted octanol–water partition coefficient (Wildman–Crippen LogP) is 3.51. The summed E-state index contributed by atoms with van der Waals surface area (Å²) in [5.41, 5.74) is 0.503. The first-order valence-corrected chi connectivity index (χ1v) is 12.0. The Morgan fingerprint density at radius 3 is 2.58 bits per heavy atom. The van der Waals surface area contributed by atoms with E-state index in [9.17, 15) is 14.3 Å². The molecular formula is C26H30FN9O2. The number of aromatic nitrogens is 6. The zero-order valence-corrected chi connectivity index (χ0v) is 21.9. The van der Waals surface area contributed by atoms with Crippen molar-refractivity contribution in [1.82, 2.24) is 34.8 Å². The third kappa shape index (κ3) is 6.12. The number of hydrogen-bond donors (Lipinski definition) is 3. The number of halogens is 1. The number of hydrogen-bond acceptors (Lipinski definition) is 8. The summed E-state index contributed by atoms with van der Waals surface area (Å²) in [7, 11) is 0. The molecule has 0 unspecified atom stereocenters. The molecule has 4 rings (SSSR count). The van der Waals surface area contributed by atoms with Gasteiger partial charge in [0.25, 0.3) is 5.91 Å². The van der Waals surface area contributed by atoms with Crippen LogP contribution in [0.2, 0.25) is 0 Å². The predicted molar refractivity (Wildman–Crippen MR) is 140 cm³/mol. The lowest BCUT2D eigenvalue weighted by Crippen LogP contribution is -2.42. The van der Waals surface area contributed by atoms with E-state index in [1.807, 2.05) is 12.3 Å². The number of fused-ring (bicyclic) bond motifs is 1. The van der Waals surface area contributed by atoms with Gasteiger partial charge in [0.15, 0.2) is 11.5 Å². The van der Waals surface area contributed by atoms with Crippen LogP contribution in [0.3, 0.4) is 0 Å². The lowest BCUT2D eigenvalue weighted by Gasteiger charge is -2.22. The Hall–Kier alpha value is -4.37. The standard InChI is InChI=1S/C26H30FN9O2/c1-25(2,3)15-35-14-18(11-32-35)34-20-7-22(36-23-17(10-33-36)6-16(8-28)9-30-23)29-12-19(20)24(37)31-13-21(27)26(4,5)38/h6-7,9-12,14,21,38H,13,15H2,1-5H3,(H,29,34)(H,31,37)/t21-/m1/s1. The van der Waals surface area contributed by atoms with Gasteiger partial charge in [-0.2, -0.15) is 20.1 Å². The smallest absolute Gasteiger partial charge is 0.255 e. The molecule has 1 amide bonds. The van der Waals surface area contributed by atoms with Gasteiger partial charge in [0.1, 0.15) is 12.2 Å². The summed E-state index contributed by atoms with van der Waals surface area (Å²) in [5, 5.41) is 34.2. The first-order valence-electron chi connectivity index (χ1n) is 12.0. The second-order valence-electron chi connectivity index (χ2n) is 10.8. The van der Waals surface area contributed by atoms with Crippen LogP contribution in [0, 0.1) is 16.7 Å². The highest BCUT2D eigenvalue weighted by atomic mass is 19.1. The number of carbonyl (C=O) groups excluding carboxylic acids is 1. The summed E-state index contributed by atoms with van der Waals surface area (Å²) in [4.78, 5) is 21.8. The maximum atomic E-state index is 14.3. The monoisotopic (exact) mass is 519 g/mol. The molecule has 0 aromatic carbocycles. The first kappa shape index (κ1) is 26.7. The van der Waals surface area contributed by atoms with E-state index in [1.165, 1.54) is 30.9 Å². The zero-order chi connectivity index (χ0) is 27.7. The molecule has 4 heterocycles. The number of anilines is 2. The highest BCUT2D eigenvalue weighted by Crippen LogP contribution is 2.25.